The summed E-state index contributed by atoms with van der Waals surface area (Å²) in [5.74, 6) is -0.365. The highest BCUT2D eigenvalue weighted by Gasteiger charge is 2.22. The van der Waals surface area contributed by atoms with Gasteiger partial charge in [0.05, 0.1) is 13.1 Å². The van der Waals surface area contributed by atoms with E-state index in [0.29, 0.717) is 19.0 Å². The number of rotatable bonds is 7. The number of carbonyl (C=O) groups excluding carboxylic acids is 1. The maximum atomic E-state index is 12.2. The summed E-state index contributed by atoms with van der Waals surface area (Å²) in [6.07, 6.45) is 0. The Bertz CT molecular complexity index is 578. The molecule has 0 saturated carbocycles. The number of benzene rings is 1. The summed E-state index contributed by atoms with van der Waals surface area (Å²) in [7, 11) is 1.66. The van der Waals surface area contributed by atoms with Crippen LogP contribution in [0, 0.1) is 0 Å². The third-order valence-electron chi connectivity index (χ3n) is 4.59. The molecule has 25 heavy (non-hydrogen) atoms. The molecule has 0 bridgehead atoms. The van der Waals surface area contributed by atoms with Crippen LogP contribution in [0.25, 0.3) is 0 Å². The molecule has 1 aromatic carbocycles. The molecule has 2 rings (SSSR count). The molecule has 6 heteroatoms. The highest BCUT2D eigenvalue weighted by molar-refractivity contribution is 5.79. The average molecular weight is 347 g/mol. The minimum absolute atomic E-state index is 0.00434. The Hall–Kier alpha value is -1.92. The van der Waals surface area contributed by atoms with Crippen molar-refractivity contribution in [1.29, 1.82) is 0 Å². The third-order valence-corrected chi connectivity index (χ3v) is 4.59. The van der Waals surface area contributed by atoms with Crippen molar-refractivity contribution < 1.29 is 14.7 Å². The number of hydrogen-bond donors (Lipinski definition) is 1. The summed E-state index contributed by atoms with van der Waals surface area (Å²) in [5.41, 5.74) is 2.65. The largest absolute Gasteiger partial charge is 0.480 e. The van der Waals surface area contributed by atoms with Crippen molar-refractivity contribution in [2.24, 2.45) is 0 Å². The van der Waals surface area contributed by atoms with Crippen LogP contribution in [-0.4, -0.2) is 78.0 Å². The molecule has 1 saturated heterocycles. The molecule has 1 aliphatic heterocycles. The molecule has 1 fully saturated rings. The number of amides is 1. The maximum Gasteiger partial charge on any atom is 0.317 e. The second-order valence-electron chi connectivity index (χ2n) is 7.12. The minimum Gasteiger partial charge on any atom is -0.480 e. The number of carbonyl (C=O) groups is 2. The van der Waals surface area contributed by atoms with Crippen LogP contribution in [0.15, 0.2) is 24.3 Å². The van der Waals surface area contributed by atoms with Gasteiger partial charge < -0.3 is 10.0 Å². The van der Waals surface area contributed by atoms with Crippen LogP contribution < -0.4 is 0 Å². The molecule has 6 nitrogen and oxygen atoms in total. The molecule has 1 amide bonds. The van der Waals surface area contributed by atoms with Crippen LogP contribution in [0.2, 0.25) is 0 Å². The van der Waals surface area contributed by atoms with Gasteiger partial charge >= 0.3 is 5.97 Å². The normalized spacial score (nSPS) is 15.8. The van der Waals surface area contributed by atoms with Crippen LogP contribution in [0.4, 0.5) is 0 Å². The van der Waals surface area contributed by atoms with Gasteiger partial charge in [-0.05, 0) is 24.1 Å². The second kappa shape index (κ2) is 8.97. The van der Waals surface area contributed by atoms with Crippen molar-refractivity contribution in [3.05, 3.63) is 35.4 Å². The fourth-order valence-electron chi connectivity index (χ4n) is 3.04. The summed E-state index contributed by atoms with van der Waals surface area (Å²) < 4.78 is 0. The van der Waals surface area contributed by atoms with Gasteiger partial charge in [0, 0.05) is 32.7 Å². The Morgan fingerprint density at radius 3 is 2.20 bits per heavy atom. The van der Waals surface area contributed by atoms with E-state index < -0.39 is 5.97 Å². The molecule has 0 spiro atoms. The number of aliphatic carboxylic acids is 1. The van der Waals surface area contributed by atoms with Crippen LogP contribution in [0.3, 0.4) is 0 Å². The molecule has 0 aromatic heterocycles. The fourth-order valence-corrected chi connectivity index (χ4v) is 3.04. The predicted octanol–water partition coefficient (Wildman–Crippen LogP) is 1.47. The van der Waals surface area contributed by atoms with E-state index in [2.05, 4.69) is 43.0 Å². The summed E-state index contributed by atoms with van der Waals surface area (Å²) in [6, 6.07) is 8.76. The molecule has 138 valence electrons. The van der Waals surface area contributed by atoms with E-state index in [1.54, 1.807) is 7.05 Å². The van der Waals surface area contributed by atoms with Gasteiger partial charge in [-0.25, -0.2) is 0 Å². The first-order valence-corrected chi connectivity index (χ1v) is 8.84. The van der Waals surface area contributed by atoms with Crippen LogP contribution in [0.5, 0.6) is 0 Å². The van der Waals surface area contributed by atoms with Gasteiger partial charge in [0.25, 0.3) is 0 Å². The predicted molar refractivity (Wildman–Crippen MR) is 97.5 cm³/mol. The first-order chi connectivity index (χ1) is 11.8. The van der Waals surface area contributed by atoms with Crippen LogP contribution >= 0.6 is 0 Å². The Labute approximate surface area is 150 Å². The Morgan fingerprint density at radius 1 is 1.08 bits per heavy atom. The van der Waals surface area contributed by atoms with Gasteiger partial charge in [0.1, 0.15) is 0 Å². The SMILES string of the molecule is CC(C)c1ccc(CN2CCN(C(=O)CN(C)CC(=O)O)CC2)cc1. The van der Waals surface area contributed by atoms with Gasteiger partial charge in [-0.15, -0.1) is 0 Å². The number of likely N-dealkylation sites (N-methyl/N-ethyl adjacent to an activating group) is 1. The van der Waals surface area contributed by atoms with Gasteiger partial charge in [-0.1, -0.05) is 38.1 Å². The van der Waals surface area contributed by atoms with E-state index in [0.717, 1.165) is 19.6 Å². The van der Waals surface area contributed by atoms with E-state index in [-0.39, 0.29) is 19.0 Å². The van der Waals surface area contributed by atoms with E-state index in [1.807, 2.05) is 4.90 Å². The van der Waals surface area contributed by atoms with E-state index >= 15 is 0 Å². The Morgan fingerprint density at radius 2 is 1.68 bits per heavy atom. The zero-order valence-corrected chi connectivity index (χ0v) is 15.4. The number of carboxylic acid groups (broad SMARTS) is 1. The quantitative estimate of drug-likeness (QED) is 0.809. The molecule has 1 N–H and O–H groups in total. The van der Waals surface area contributed by atoms with Crippen molar-refractivity contribution in [2.75, 3.05) is 46.3 Å². The van der Waals surface area contributed by atoms with E-state index in [1.165, 1.54) is 16.0 Å². The van der Waals surface area contributed by atoms with Crippen molar-refractivity contribution in [3.8, 4) is 0 Å². The highest BCUT2D eigenvalue weighted by atomic mass is 16.4. The summed E-state index contributed by atoms with van der Waals surface area (Å²) in [6.45, 7) is 8.42. The topological polar surface area (TPSA) is 64.1 Å². The zero-order chi connectivity index (χ0) is 18.4. The molecule has 1 aliphatic rings. The van der Waals surface area contributed by atoms with Gasteiger partial charge in [0.2, 0.25) is 5.91 Å². The first-order valence-electron chi connectivity index (χ1n) is 8.84. The summed E-state index contributed by atoms with van der Waals surface area (Å²) in [4.78, 5) is 28.6. The molecule has 0 atom stereocenters. The molecular weight excluding hydrogens is 318 g/mol. The molecule has 0 radical (unpaired) electrons. The monoisotopic (exact) mass is 347 g/mol. The fraction of sp³-hybridized carbons (Fsp3) is 0.579. The Balaban J connectivity index is 1.77. The van der Waals surface area contributed by atoms with Crippen molar-refractivity contribution in [1.82, 2.24) is 14.7 Å². The van der Waals surface area contributed by atoms with E-state index in [9.17, 15) is 9.59 Å². The van der Waals surface area contributed by atoms with Gasteiger partial charge in [0.15, 0.2) is 0 Å². The smallest absolute Gasteiger partial charge is 0.317 e. The number of hydrogen-bond acceptors (Lipinski definition) is 4. The standard InChI is InChI=1S/C19H29N3O3/c1-15(2)17-6-4-16(5-7-17)12-21-8-10-22(11-9-21)18(23)13-20(3)14-19(24)25/h4-7,15H,8-14H2,1-3H3,(H,24,25). The third kappa shape index (κ3) is 6.14. The molecule has 1 aromatic rings. The number of nitrogens with zero attached hydrogens (tertiary/aromatic N) is 3. The van der Waals surface area contributed by atoms with Crippen molar-refractivity contribution >= 4 is 11.9 Å². The minimum atomic E-state index is -0.913. The summed E-state index contributed by atoms with van der Waals surface area (Å²) in [5, 5.41) is 8.76. The first kappa shape index (κ1) is 19.4. The van der Waals surface area contributed by atoms with Gasteiger partial charge in [-0.2, -0.15) is 0 Å². The molecule has 0 unspecified atom stereocenters. The van der Waals surface area contributed by atoms with Crippen LogP contribution in [0.1, 0.15) is 30.9 Å². The zero-order valence-electron chi connectivity index (χ0n) is 15.4. The number of carboxylic acids is 1. The van der Waals surface area contributed by atoms with Crippen molar-refractivity contribution in [3.63, 3.8) is 0 Å². The average Bonchev–Trinajstić information content (AvgIpc) is 2.55. The lowest BCUT2D eigenvalue weighted by Crippen LogP contribution is -2.50. The van der Waals surface area contributed by atoms with E-state index in [4.69, 9.17) is 5.11 Å². The summed E-state index contributed by atoms with van der Waals surface area (Å²) >= 11 is 0. The Kier molecular flexibility index (Phi) is 6.96. The molecule has 1 heterocycles. The lowest BCUT2D eigenvalue weighted by molar-refractivity contribution is -0.139. The lowest BCUT2D eigenvalue weighted by atomic mass is 10.0. The van der Waals surface area contributed by atoms with Crippen molar-refractivity contribution in [2.45, 2.75) is 26.3 Å². The molecule has 0 aliphatic carbocycles. The lowest BCUT2D eigenvalue weighted by Gasteiger charge is -2.35. The van der Waals surface area contributed by atoms with Crippen LogP contribution in [-0.2, 0) is 16.1 Å². The second-order valence-corrected chi connectivity index (χ2v) is 7.12. The van der Waals surface area contributed by atoms with Gasteiger partial charge in [-0.3, -0.25) is 19.4 Å². The highest BCUT2D eigenvalue weighted by Crippen LogP contribution is 2.16. The number of piperazine rings is 1. The molecular formula is C19H29N3O3. The maximum absolute atomic E-state index is 12.2.